The summed E-state index contributed by atoms with van der Waals surface area (Å²) in [6.07, 6.45) is 0. The van der Waals surface area contributed by atoms with E-state index in [-0.39, 0.29) is 5.69 Å². The molecule has 96 valence electrons. The zero-order chi connectivity index (χ0) is 13.8. The van der Waals surface area contributed by atoms with E-state index >= 15 is 0 Å². The molecule has 1 N–H and O–H groups in total. The molecule has 0 saturated carbocycles. The van der Waals surface area contributed by atoms with Crippen LogP contribution in [0.4, 0.5) is 5.69 Å². The van der Waals surface area contributed by atoms with Crippen molar-refractivity contribution in [3.05, 3.63) is 74.2 Å². The lowest BCUT2D eigenvalue weighted by molar-refractivity contribution is -0.384. The predicted molar refractivity (Wildman–Crippen MR) is 74.7 cm³/mol. The molecule has 0 spiro atoms. The summed E-state index contributed by atoms with van der Waals surface area (Å²) in [6, 6.07) is 13.4. The molecule has 0 aliphatic heterocycles. The monoisotopic (exact) mass is 320 g/mol. The third-order valence-corrected chi connectivity index (χ3v) is 3.22. The second kappa shape index (κ2) is 5.62. The molecule has 2 rings (SSSR count). The van der Waals surface area contributed by atoms with Crippen LogP contribution in [0, 0.1) is 10.1 Å². The Kier molecular flexibility index (Phi) is 3.91. The van der Waals surface area contributed by atoms with E-state index in [0.29, 0.717) is 15.7 Å². The molecule has 0 aliphatic carbocycles. The summed E-state index contributed by atoms with van der Waals surface area (Å²) in [6.45, 7) is 0. The number of hydrogen-bond acceptors (Lipinski definition) is 4. The number of hydrogen-bond donors (Lipinski definition) is 1. The molecular weight excluding hydrogens is 312 g/mol. The lowest BCUT2D eigenvalue weighted by Crippen LogP contribution is -2.04. The summed E-state index contributed by atoms with van der Waals surface area (Å²) >= 11 is 3.26. The first kappa shape index (κ1) is 13.2. The van der Waals surface area contributed by atoms with Crippen LogP contribution in [0.25, 0.3) is 0 Å². The summed E-state index contributed by atoms with van der Waals surface area (Å²) in [5, 5.41) is 23.1. The van der Waals surface area contributed by atoms with Crippen molar-refractivity contribution in [3.8, 4) is 0 Å². The van der Waals surface area contributed by atoms with Gasteiger partial charge in [-0.15, -0.1) is 0 Å². The second-order valence-corrected chi connectivity index (χ2v) is 4.59. The van der Waals surface area contributed by atoms with E-state index in [9.17, 15) is 10.1 Å². The van der Waals surface area contributed by atoms with Crippen LogP contribution in [0.2, 0.25) is 0 Å². The van der Waals surface area contributed by atoms with Crippen LogP contribution in [-0.2, 0) is 0 Å². The largest absolute Gasteiger partial charge is 0.410 e. The van der Waals surface area contributed by atoms with Crippen LogP contribution in [0.3, 0.4) is 0 Å². The van der Waals surface area contributed by atoms with Gasteiger partial charge in [0.15, 0.2) is 0 Å². The van der Waals surface area contributed by atoms with Crippen molar-refractivity contribution in [2.45, 2.75) is 0 Å². The number of nitrogens with zero attached hydrogens (tertiary/aromatic N) is 2. The Morgan fingerprint density at radius 2 is 1.89 bits per heavy atom. The molecule has 0 aromatic heterocycles. The molecule has 5 nitrogen and oxygen atoms in total. The van der Waals surface area contributed by atoms with Gasteiger partial charge in [0.2, 0.25) is 0 Å². The third kappa shape index (κ3) is 2.79. The highest BCUT2D eigenvalue weighted by atomic mass is 79.9. The number of benzene rings is 2. The van der Waals surface area contributed by atoms with Gasteiger partial charge in [-0.25, -0.2) is 0 Å². The maximum absolute atomic E-state index is 10.7. The van der Waals surface area contributed by atoms with E-state index in [2.05, 4.69) is 21.1 Å². The van der Waals surface area contributed by atoms with Crippen molar-refractivity contribution in [2.75, 3.05) is 0 Å². The molecule has 6 heteroatoms. The van der Waals surface area contributed by atoms with Gasteiger partial charge in [-0.05, 0) is 22.0 Å². The van der Waals surface area contributed by atoms with Crippen LogP contribution in [-0.4, -0.2) is 15.8 Å². The molecular formula is C13H9BrN2O3. The highest BCUT2D eigenvalue weighted by Crippen LogP contribution is 2.25. The fourth-order valence-electron chi connectivity index (χ4n) is 1.67. The SMILES string of the molecule is O=[N+]([O-])c1ccc(/C(=N/O)c2ccccc2)c(Br)c1. The highest BCUT2D eigenvalue weighted by Gasteiger charge is 2.14. The van der Waals surface area contributed by atoms with Crippen LogP contribution >= 0.6 is 15.9 Å². The minimum Gasteiger partial charge on any atom is -0.410 e. The predicted octanol–water partition coefficient (Wildman–Crippen LogP) is 3.58. The van der Waals surface area contributed by atoms with Crippen LogP contribution in [0.1, 0.15) is 11.1 Å². The quantitative estimate of drug-likeness (QED) is 0.406. The van der Waals surface area contributed by atoms with Crippen LogP contribution in [0.15, 0.2) is 58.2 Å². The number of nitro benzene ring substituents is 1. The number of rotatable bonds is 3. The molecule has 0 radical (unpaired) electrons. The standard InChI is InChI=1S/C13H9BrN2O3/c14-12-8-10(16(18)19)6-7-11(12)13(15-17)9-4-2-1-3-5-9/h1-8,17H/b15-13+. The van der Waals surface area contributed by atoms with E-state index in [1.54, 1.807) is 18.2 Å². The number of oxime groups is 1. The van der Waals surface area contributed by atoms with Gasteiger partial charge >= 0.3 is 0 Å². The second-order valence-electron chi connectivity index (χ2n) is 3.74. The molecule has 0 heterocycles. The van der Waals surface area contributed by atoms with Gasteiger partial charge < -0.3 is 5.21 Å². The van der Waals surface area contributed by atoms with Crippen molar-refractivity contribution in [2.24, 2.45) is 5.16 Å². The maximum atomic E-state index is 10.7. The smallest absolute Gasteiger partial charge is 0.270 e. The van der Waals surface area contributed by atoms with Gasteiger partial charge in [-0.2, -0.15) is 0 Å². The fourth-order valence-corrected chi connectivity index (χ4v) is 2.23. The van der Waals surface area contributed by atoms with E-state index in [0.717, 1.165) is 5.56 Å². The number of halogens is 1. The Labute approximate surface area is 117 Å². The van der Waals surface area contributed by atoms with Gasteiger partial charge in [-0.1, -0.05) is 35.5 Å². The summed E-state index contributed by atoms with van der Waals surface area (Å²) in [5.41, 5.74) is 1.63. The van der Waals surface area contributed by atoms with Gasteiger partial charge in [0, 0.05) is 27.7 Å². The molecule has 19 heavy (non-hydrogen) atoms. The van der Waals surface area contributed by atoms with E-state index in [4.69, 9.17) is 5.21 Å². The first-order valence-electron chi connectivity index (χ1n) is 5.35. The maximum Gasteiger partial charge on any atom is 0.270 e. The van der Waals surface area contributed by atoms with Crippen LogP contribution < -0.4 is 0 Å². The molecule has 2 aromatic carbocycles. The first-order chi connectivity index (χ1) is 9.13. The van der Waals surface area contributed by atoms with Gasteiger partial charge in [0.25, 0.3) is 5.69 Å². The molecule has 0 fully saturated rings. The van der Waals surface area contributed by atoms with Crippen molar-refractivity contribution in [3.63, 3.8) is 0 Å². The molecule has 0 bridgehead atoms. The van der Waals surface area contributed by atoms with Crippen molar-refractivity contribution in [1.82, 2.24) is 0 Å². The minimum absolute atomic E-state index is 0.0269. The summed E-state index contributed by atoms with van der Waals surface area (Å²) in [4.78, 5) is 10.2. The zero-order valence-electron chi connectivity index (χ0n) is 9.65. The molecule has 0 unspecified atom stereocenters. The minimum atomic E-state index is -0.479. The Hall–Kier alpha value is -2.21. The van der Waals surface area contributed by atoms with Gasteiger partial charge in [0.05, 0.1) is 4.92 Å². The normalized spacial score (nSPS) is 11.3. The molecule has 2 aromatic rings. The Bertz CT molecular complexity index is 642. The Balaban J connectivity index is 2.49. The Morgan fingerprint density at radius 1 is 1.21 bits per heavy atom. The Morgan fingerprint density at radius 3 is 2.42 bits per heavy atom. The first-order valence-corrected chi connectivity index (χ1v) is 6.14. The number of nitro groups is 1. The molecule has 0 aliphatic rings. The topological polar surface area (TPSA) is 75.7 Å². The highest BCUT2D eigenvalue weighted by molar-refractivity contribution is 9.10. The molecule has 0 amide bonds. The molecule has 0 atom stereocenters. The number of non-ortho nitro benzene ring substituents is 1. The summed E-state index contributed by atoms with van der Waals surface area (Å²) in [7, 11) is 0. The zero-order valence-corrected chi connectivity index (χ0v) is 11.2. The summed E-state index contributed by atoms with van der Waals surface area (Å²) in [5.74, 6) is 0. The fraction of sp³-hybridized carbons (Fsp3) is 0. The van der Waals surface area contributed by atoms with Gasteiger partial charge in [-0.3, -0.25) is 10.1 Å². The van der Waals surface area contributed by atoms with E-state index < -0.39 is 4.92 Å². The average Bonchev–Trinajstić information content (AvgIpc) is 2.42. The van der Waals surface area contributed by atoms with Crippen molar-refractivity contribution in [1.29, 1.82) is 0 Å². The summed E-state index contributed by atoms with van der Waals surface area (Å²) < 4.78 is 0.498. The molecule has 0 saturated heterocycles. The van der Waals surface area contributed by atoms with Gasteiger partial charge in [0.1, 0.15) is 5.71 Å². The van der Waals surface area contributed by atoms with E-state index in [1.807, 2.05) is 18.2 Å². The van der Waals surface area contributed by atoms with Crippen LogP contribution in [0.5, 0.6) is 0 Å². The van der Waals surface area contributed by atoms with Crippen molar-refractivity contribution >= 4 is 27.3 Å². The lowest BCUT2D eigenvalue weighted by Gasteiger charge is -2.07. The van der Waals surface area contributed by atoms with E-state index in [1.165, 1.54) is 12.1 Å². The van der Waals surface area contributed by atoms with Crippen molar-refractivity contribution < 1.29 is 10.1 Å². The average molecular weight is 321 g/mol. The lowest BCUT2D eigenvalue weighted by atomic mass is 10.0. The third-order valence-electron chi connectivity index (χ3n) is 2.57.